The largest absolute Gasteiger partial charge is 0.497 e. The van der Waals surface area contributed by atoms with E-state index in [0.717, 1.165) is 17.7 Å². The zero-order valence-electron chi connectivity index (χ0n) is 17.5. The van der Waals surface area contributed by atoms with Crippen molar-refractivity contribution in [3.05, 3.63) is 24.3 Å². The number of carbonyl (C=O) groups excluding carboxylic acids is 1. The van der Waals surface area contributed by atoms with E-state index in [1.807, 2.05) is 29.2 Å². The number of anilines is 1. The van der Waals surface area contributed by atoms with Crippen LogP contribution in [0.15, 0.2) is 28.8 Å². The molecule has 0 bridgehead atoms. The first-order valence-corrected chi connectivity index (χ1v) is 10.5. The van der Waals surface area contributed by atoms with Crippen molar-refractivity contribution in [2.24, 2.45) is 11.8 Å². The van der Waals surface area contributed by atoms with Gasteiger partial charge < -0.3 is 29.5 Å². The number of aromatic nitrogens is 2. The van der Waals surface area contributed by atoms with E-state index in [1.54, 1.807) is 7.11 Å². The second kappa shape index (κ2) is 9.23. The van der Waals surface area contributed by atoms with E-state index in [1.165, 1.54) is 4.90 Å². The number of nitrogens with one attached hydrogen (secondary N) is 1. The van der Waals surface area contributed by atoms with Crippen LogP contribution in [-0.2, 0) is 4.79 Å². The molecule has 0 radical (unpaired) electrons. The summed E-state index contributed by atoms with van der Waals surface area (Å²) in [4.78, 5) is 31.4. The van der Waals surface area contributed by atoms with Crippen molar-refractivity contribution >= 4 is 18.0 Å². The number of methoxy groups -OCH3 is 1. The van der Waals surface area contributed by atoms with Gasteiger partial charge >= 0.3 is 12.1 Å². The fourth-order valence-corrected chi connectivity index (χ4v) is 4.10. The molecule has 1 aromatic carbocycles. The van der Waals surface area contributed by atoms with Gasteiger partial charge in [0.1, 0.15) is 5.75 Å². The Morgan fingerprint density at radius 3 is 2.58 bits per heavy atom. The SMILES string of the molecule is COc1ccc(-c2noc(N3CCC(C(=O)NC[C@@H]4CCN(C(=O)O)C4)CC3)n2)cc1. The molecule has 2 amide bonds. The van der Waals surface area contributed by atoms with Crippen LogP contribution < -0.4 is 15.0 Å². The average Bonchev–Trinajstić information content (AvgIpc) is 3.48. The lowest BCUT2D eigenvalue weighted by Gasteiger charge is -2.30. The first-order valence-electron chi connectivity index (χ1n) is 10.5. The summed E-state index contributed by atoms with van der Waals surface area (Å²) in [5, 5.41) is 16.1. The van der Waals surface area contributed by atoms with Gasteiger partial charge in [0.05, 0.1) is 7.11 Å². The minimum absolute atomic E-state index is 0.0397. The van der Waals surface area contributed by atoms with Crippen LogP contribution in [0.1, 0.15) is 19.3 Å². The molecular formula is C21H27N5O5. The molecule has 10 heteroatoms. The number of nitrogens with zero attached hydrogens (tertiary/aromatic N) is 4. The maximum Gasteiger partial charge on any atom is 0.407 e. The third-order valence-electron chi connectivity index (χ3n) is 6.02. The van der Waals surface area contributed by atoms with Crippen LogP contribution in [0.2, 0.25) is 0 Å². The van der Waals surface area contributed by atoms with Gasteiger partial charge in [0.25, 0.3) is 0 Å². The molecule has 3 heterocycles. The van der Waals surface area contributed by atoms with Crippen molar-refractivity contribution in [3.8, 4) is 17.1 Å². The topological polar surface area (TPSA) is 121 Å². The van der Waals surface area contributed by atoms with Crippen molar-refractivity contribution in [3.63, 3.8) is 0 Å². The molecule has 166 valence electrons. The Hall–Kier alpha value is -3.30. The van der Waals surface area contributed by atoms with Crippen LogP contribution in [0, 0.1) is 11.8 Å². The highest BCUT2D eigenvalue weighted by Crippen LogP contribution is 2.26. The molecule has 0 unspecified atom stereocenters. The van der Waals surface area contributed by atoms with Gasteiger partial charge in [0, 0.05) is 44.2 Å². The van der Waals surface area contributed by atoms with E-state index in [-0.39, 0.29) is 17.7 Å². The molecule has 0 saturated carbocycles. The van der Waals surface area contributed by atoms with Crippen LogP contribution in [0.5, 0.6) is 5.75 Å². The zero-order chi connectivity index (χ0) is 21.8. The van der Waals surface area contributed by atoms with E-state index in [4.69, 9.17) is 14.4 Å². The van der Waals surface area contributed by atoms with Crippen molar-refractivity contribution in [1.82, 2.24) is 20.4 Å². The Morgan fingerprint density at radius 2 is 1.94 bits per heavy atom. The van der Waals surface area contributed by atoms with Crippen LogP contribution in [0.3, 0.4) is 0 Å². The second-order valence-corrected chi connectivity index (χ2v) is 8.02. The highest BCUT2D eigenvalue weighted by molar-refractivity contribution is 5.79. The molecule has 2 aromatic rings. The third kappa shape index (κ3) is 4.89. The Morgan fingerprint density at radius 1 is 1.19 bits per heavy atom. The summed E-state index contributed by atoms with van der Waals surface area (Å²) in [5.41, 5.74) is 0.846. The van der Waals surface area contributed by atoms with Gasteiger partial charge in [-0.3, -0.25) is 4.79 Å². The van der Waals surface area contributed by atoms with Gasteiger partial charge in [-0.1, -0.05) is 5.16 Å². The summed E-state index contributed by atoms with van der Waals surface area (Å²) in [6.07, 6.45) is 1.31. The van der Waals surface area contributed by atoms with Gasteiger partial charge in [0.15, 0.2) is 0 Å². The van der Waals surface area contributed by atoms with Crippen molar-refractivity contribution < 1.29 is 24.0 Å². The van der Waals surface area contributed by atoms with E-state index in [0.29, 0.717) is 57.4 Å². The highest BCUT2D eigenvalue weighted by atomic mass is 16.5. The summed E-state index contributed by atoms with van der Waals surface area (Å²) in [5.74, 6) is 1.45. The summed E-state index contributed by atoms with van der Waals surface area (Å²) in [6, 6.07) is 7.92. The van der Waals surface area contributed by atoms with Crippen LogP contribution >= 0.6 is 0 Å². The maximum atomic E-state index is 12.5. The van der Waals surface area contributed by atoms with Gasteiger partial charge in [-0.2, -0.15) is 4.98 Å². The van der Waals surface area contributed by atoms with Crippen molar-refractivity contribution in [2.75, 3.05) is 44.7 Å². The number of hydrogen-bond acceptors (Lipinski definition) is 7. The lowest BCUT2D eigenvalue weighted by molar-refractivity contribution is -0.125. The number of hydrogen-bond donors (Lipinski definition) is 2. The number of amides is 2. The van der Waals surface area contributed by atoms with E-state index in [2.05, 4.69) is 15.5 Å². The first kappa shape index (κ1) is 21.0. The maximum absolute atomic E-state index is 12.5. The number of carbonyl (C=O) groups is 2. The minimum atomic E-state index is -0.891. The molecule has 2 aliphatic heterocycles. The predicted octanol–water partition coefficient (Wildman–Crippen LogP) is 2.08. The fraction of sp³-hybridized carbons (Fsp3) is 0.524. The summed E-state index contributed by atoms with van der Waals surface area (Å²) in [6.45, 7) is 2.88. The molecule has 2 saturated heterocycles. The number of likely N-dealkylation sites (tertiary alicyclic amines) is 1. The molecule has 1 atom stereocenters. The van der Waals surface area contributed by atoms with E-state index >= 15 is 0 Å². The zero-order valence-corrected chi connectivity index (χ0v) is 17.5. The molecule has 0 aliphatic carbocycles. The number of ether oxygens (including phenoxy) is 1. The summed E-state index contributed by atoms with van der Waals surface area (Å²) >= 11 is 0. The molecule has 1 aromatic heterocycles. The van der Waals surface area contributed by atoms with Crippen molar-refractivity contribution in [2.45, 2.75) is 19.3 Å². The molecular weight excluding hydrogens is 402 g/mol. The first-order chi connectivity index (χ1) is 15.0. The lowest BCUT2D eigenvalue weighted by Crippen LogP contribution is -2.42. The normalized spacial score (nSPS) is 19.5. The molecule has 4 rings (SSSR count). The molecule has 31 heavy (non-hydrogen) atoms. The molecule has 0 spiro atoms. The van der Waals surface area contributed by atoms with E-state index in [9.17, 15) is 9.59 Å². The third-order valence-corrected chi connectivity index (χ3v) is 6.02. The monoisotopic (exact) mass is 429 g/mol. The molecule has 10 nitrogen and oxygen atoms in total. The number of carboxylic acid groups (broad SMARTS) is 1. The van der Waals surface area contributed by atoms with Crippen LogP contribution in [-0.4, -0.2) is 72.0 Å². The number of benzene rings is 1. The fourth-order valence-electron chi connectivity index (χ4n) is 4.10. The molecule has 2 fully saturated rings. The Labute approximate surface area is 180 Å². The van der Waals surface area contributed by atoms with Gasteiger partial charge in [-0.05, 0) is 49.4 Å². The van der Waals surface area contributed by atoms with Gasteiger partial charge in [-0.15, -0.1) is 0 Å². The summed E-state index contributed by atoms with van der Waals surface area (Å²) < 4.78 is 10.6. The van der Waals surface area contributed by atoms with Gasteiger partial charge in [-0.25, -0.2) is 4.79 Å². The average molecular weight is 429 g/mol. The Kier molecular flexibility index (Phi) is 6.24. The smallest absolute Gasteiger partial charge is 0.407 e. The predicted molar refractivity (Wildman–Crippen MR) is 112 cm³/mol. The lowest BCUT2D eigenvalue weighted by atomic mass is 9.96. The molecule has 2 N–H and O–H groups in total. The summed E-state index contributed by atoms with van der Waals surface area (Å²) in [7, 11) is 1.62. The Bertz CT molecular complexity index is 907. The van der Waals surface area contributed by atoms with Crippen molar-refractivity contribution in [1.29, 1.82) is 0 Å². The number of piperidine rings is 1. The highest BCUT2D eigenvalue weighted by Gasteiger charge is 2.30. The quantitative estimate of drug-likeness (QED) is 0.716. The minimum Gasteiger partial charge on any atom is -0.497 e. The number of rotatable bonds is 6. The Balaban J connectivity index is 1.24. The van der Waals surface area contributed by atoms with Gasteiger partial charge in [0.2, 0.25) is 11.7 Å². The van der Waals surface area contributed by atoms with Crippen LogP contribution in [0.25, 0.3) is 11.4 Å². The standard InChI is InChI=1S/C21H27N5O5/c1-30-17-4-2-15(3-5-17)18-23-20(31-24-18)25-10-7-16(8-11-25)19(27)22-12-14-6-9-26(13-14)21(28)29/h2-5,14,16H,6-13H2,1H3,(H,22,27)(H,28,29)/t14-/m0/s1. The molecule has 2 aliphatic rings. The second-order valence-electron chi connectivity index (χ2n) is 8.02. The van der Waals surface area contributed by atoms with Crippen LogP contribution in [0.4, 0.5) is 10.8 Å². The van der Waals surface area contributed by atoms with E-state index < -0.39 is 6.09 Å².